The van der Waals surface area contributed by atoms with E-state index >= 15 is 0 Å². The van der Waals surface area contributed by atoms with Crippen molar-refractivity contribution in [2.75, 3.05) is 0 Å². The van der Waals surface area contributed by atoms with Crippen molar-refractivity contribution < 1.29 is 0 Å². The zero-order valence-corrected chi connectivity index (χ0v) is 28.3. The second-order valence-corrected chi connectivity index (χ2v) is 15.6. The molecule has 0 heteroatoms. The van der Waals surface area contributed by atoms with E-state index in [0.717, 1.165) is 0 Å². The average molecular weight is 631 g/mol. The van der Waals surface area contributed by atoms with Crippen molar-refractivity contribution in [3.05, 3.63) is 203 Å². The van der Waals surface area contributed by atoms with Gasteiger partial charge in [0.25, 0.3) is 0 Å². The smallest absolute Gasteiger partial charge is 0.0131 e. The van der Waals surface area contributed by atoms with Crippen LogP contribution in [0.1, 0.15) is 30.9 Å². The Morgan fingerprint density at radius 3 is 2.04 bits per heavy atom. The third kappa shape index (κ3) is 4.50. The van der Waals surface area contributed by atoms with Gasteiger partial charge < -0.3 is 0 Å². The highest BCUT2D eigenvalue weighted by Gasteiger charge is 2.46. The van der Waals surface area contributed by atoms with Gasteiger partial charge in [0.15, 0.2) is 0 Å². The van der Waals surface area contributed by atoms with Gasteiger partial charge in [-0.05, 0) is 84.6 Å². The van der Waals surface area contributed by atoms with Crippen LogP contribution in [0.4, 0.5) is 0 Å². The second kappa shape index (κ2) is 11.0. The number of fused-ring (bicyclic) bond motifs is 8. The van der Waals surface area contributed by atoms with Crippen LogP contribution in [0.15, 0.2) is 192 Å². The van der Waals surface area contributed by atoms with Gasteiger partial charge in [0.2, 0.25) is 0 Å². The lowest BCUT2D eigenvalue weighted by atomic mass is 9.60. The molecule has 7 aliphatic rings. The van der Waals surface area contributed by atoms with Crippen molar-refractivity contribution in [1.29, 1.82) is 0 Å². The van der Waals surface area contributed by atoms with Gasteiger partial charge in [0, 0.05) is 29.6 Å². The summed E-state index contributed by atoms with van der Waals surface area (Å²) < 4.78 is 0. The Balaban J connectivity index is 1.01. The Bertz CT molecular complexity index is 2240. The highest BCUT2D eigenvalue weighted by Crippen LogP contribution is 2.56. The fourth-order valence-corrected chi connectivity index (χ4v) is 10.2. The summed E-state index contributed by atoms with van der Waals surface area (Å²) >= 11 is 0. The van der Waals surface area contributed by atoms with Gasteiger partial charge in [-0.25, -0.2) is 0 Å². The summed E-state index contributed by atoms with van der Waals surface area (Å²) in [4.78, 5) is 0. The topological polar surface area (TPSA) is 0 Å². The van der Waals surface area contributed by atoms with E-state index in [0.29, 0.717) is 47.3 Å². The summed E-state index contributed by atoms with van der Waals surface area (Å²) in [6.07, 6.45) is 43.3. The molecule has 0 radical (unpaired) electrons. The molecule has 0 spiro atoms. The molecule has 0 aliphatic heterocycles. The third-order valence-electron chi connectivity index (χ3n) is 12.8. The van der Waals surface area contributed by atoms with E-state index in [1.54, 1.807) is 0 Å². The maximum Gasteiger partial charge on any atom is 0.0131 e. The monoisotopic (exact) mass is 630 g/mol. The zero-order valence-electron chi connectivity index (χ0n) is 28.3. The van der Waals surface area contributed by atoms with Gasteiger partial charge in [-0.15, -0.1) is 0 Å². The molecule has 7 aliphatic carbocycles. The van der Waals surface area contributed by atoms with Crippen LogP contribution in [0.5, 0.6) is 0 Å². The minimum Gasteiger partial charge on any atom is -0.0799 e. The van der Waals surface area contributed by atoms with E-state index in [4.69, 9.17) is 0 Å². The maximum atomic E-state index is 2.63. The Kier molecular flexibility index (Phi) is 6.54. The van der Waals surface area contributed by atoms with Crippen molar-refractivity contribution in [1.82, 2.24) is 0 Å². The third-order valence-corrected chi connectivity index (χ3v) is 12.8. The molecular formula is C49H42. The lowest BCUT2D eigenvalue weighted by molar-refractivity contribution is 0.332. The van der Waals surface area contributed by atoms with Crippen LogP contribution in [0, 0.1) is 41.4 Å². The Labute approximate surface area is 291 Å². The molecule has 238 valence electrons. The van der Waals surface area contributed by atoms with E-state index < -0.39 is 0 Å². The molecule has 0 fully saturated rings. The lowest BCUT2D eigenvalue weighted by Gasteiger charge is -2.43. The normalized spacial score (nSPS) is 32.4. The van der Waals surface area contributed by atoms with E-state index in [2.05, 4.69) is 184 Å². The Hall–Kier alpha value is -4.94. The van der Waals surface area contributed by atoms with Gasteiger partial charge in [-0.1, -0.05) is 178 Å². The lowest BCUT2D eigenvalue weighted by Crippen LogP contribution is -2.34. The fraction of sp³-hybridized carbons (Fsp3) is 0.224. The first-order valence-corrected chi connectivity index (χ1v) is 18.3. The molecule has 8 atom stereocenters. The van der Waals surface area contributed by atoms with Crippen LogP contribution in [-0.4, -0.2) is 0 Å². The predicted octanol–water partition coefficient (Wildman–Crippen LogP) is 11.9. The number of rotatable bonds is 3. The average Bonchev–Trinajstić information content (AvgIpc) is 3.38. The van der Waals surface area contributed by atoms with E-state index in [1.807, 2.05) is 0 Å². The summed E-state index contributed by atoms with van der Waals surface area (Å²) in [5.41, 5.74) is 11.5. The summed E-state index contributed by atoms with van der Waals surface area (Å²) in [5.74, 6) is 3.46. The largest absolute Gasteiger partial charge is 0.0799 e. The molecule has 0 saturated heterocycles. The number of benzene rings is 3. The quantitative estimate of drug-likeness (QED) is 0.270. The molecule has 0 aromatic heterocycles. The molecule has 10 rings (SSSR count). The first kappa shape index (κ1) is 29.0. The highest BCUT2D eigenvalue weighted by molar-refractivity contribution is 5.87. The van der Waals surface area contributed by atoms with Gasteiger partial charge in [0.1, 0.15) is 0 Å². The summed E-state index contributed by atoms with van der Waals surface area (Å²) in [5, 5.41) is 2.59. The Morgan fingerprint density at radius 1 is 0.510 bits per heavy atom. The van der Waals surface area contributed by atoms with Crippen molar-refractivity contribution in [2.45, 2.75) is 25.2 Å². The van der Waals surface area contributed by atoms with E-state index in [9.17, 15) is 0 Å². The molecule has 0 saturated carbocycles. The number of allylic oxidation sites excluding steroid dienone is 22. The molecule has 49 heavy (non-hydrogen) atoms. The van der Waals surface area contributed by atoms with Gasteiger partial charge in [0.05, 0.1) is 0 Å². The molecule has 0 bridgehead atoms. The van der Waals surface area contributed by atoms with Crippen molar-refractivity contribution >= 4 is 10.8 Å². The molecule has 8 unspecified atom stereocenters. The molecule has 3 aromatic carbocycles. The summed E-state index contributed by atoms with van der Waals surface area (Å²) in [6, 6.07) is 22.8. The SMILES string of the molecule is CC1(C)c2cc(-c3ccc4ccccc4c3)ccc2C2C=CC(C3=CC=C(C4=CC5C=CC=CC5C5C=CC=CC45)C4C=CC=CC34)=CC21. The standard InChI is InChI=1S/C49H42/c1-49(2)47-29-34(33-20-19-31-11-3-4-12-32(31)27-33)21-23-44(47)45-24-22-36(30-48(45)49)38-25-26-43(41-17-9-7-16-40(38)41)46-28-35-13-5-6-14-37(35)39-15-8-10-18-42(39)46/h3-30,35,37,39-42,45,48H,1-2H3. The number of hydrogen-bond acceptors (Lipinski definition) is 0. The molecule has 0 heterocycles. The molecule has 0 nitrogen and oxygen atoms in total. The zero-order chi connectivity index (χ0) is 32.7. The summed E-state index contributed by atoms with van der Waals surface area (Å²) in [6.45, 7) is 4.93. The fourth-order valence-electron chi connectivity index (χ4n) is 10.2. The van der Waals surface area contributed by atoms with Gasteiger partial charge >= 0.3 is 0 Å². The molecule has 0 N–H and O–H groups in total. The van der Waals surface area contributed by atoms with Crippen molar-refractivity contribution in [3.8, 4) is 11.1 Å². The van der Waals surface area contributed by atoms with Crippen LogP contribution in [0.2, 0.25) is 0 Å². The highest BCUT2D eigenvalue weighted by atomic mass is 14.5. The molecular weight excluding hydrogens is 589 g/mol. The van der Waals surface area contributed by atoms with Crippen molar-refractivity contribution in [2.24, 2.45) is 41.4 Å². The summed E-state index contributed by atoms with van der Waals surface area (Å²) in [7, 11) is 0. The van der Waals surface area contributed by atoms with E-state index in [-0.39, 0.29) is 5.41 Å². The van der Waals surface area contributed by atoms with Crippen LogP contribution < -0.4 is 0 Å². The van der Waals surface area contributed by atoms with Crippen LogP contribution >= 0.6 is 0 Å². The minimum atomic E-state index is 0.0298. The number of hydrogen-bond donors (Lipinski definition) is 0. The van der Waals surface area contributed by atoms with Crippen molar-refractivity contribution in [3.63, 3.8) is 0 Å². The molecule has 3 aromatic rings. The molecule has 0 amide bonds. The van der Waals surface area contributed by atoms with E-state index in [1.165, 1.54) is 55.3 Å². The first-order valence-electron chi connectivity index (χ1n) is 18.3. The first-order chi connectivity index (χ1) is 24.0. The second-order valence-electron chi connectivity index (χ2n) is 15.6. The van der Waals surface area contributed by atoms with Crippen LogP contribution in [0.3, 0.4) is 0 Å². The maximum absolute atomic E-state index is 2.63. The van der Waals surface area contributed by atoms with Crippen LogP contribution in [-0.2, 0) is 5.41 Å². The van der Waals surface area contributed by atoms with Crippen LogP contribution in [0.25, 0.3) is 21.9 Å². The van der Waals surface area contributed by atoms with Gasteiger partial charge in [-0.3, -0.25) is 0 Å². The Morgan fingerprint density at radius 2 is 1.18 bits per heavy atom. The predicted molar refractivity (Wildman–Crippen MR) is 206 cm³/mol. The minimum absolute atomic E-state index is 0.0298. The van der Waals surface area contributed by atoms with Gasteiger partial charge in [-0.2, -0.15) is 0 Å².